The summed E-state index contributed by atoms with van der Waals surface area (Å²) in [6, 6.07) is 6.33. The first-order valence-electron chi connectivity index (χ1n) is 6.64. The third-order valence-electron chi connectivity index (χ3n) is 3.40. The highest BCUT2D eigenvalue weighted by Gasteiger charge is 2.29. The quantitative estimate of drug-likeness (QED) is 0.852. The summed E-state index contributed by atoms with van der Waals surface area (Å²) in [5.41, 5.74) is 14.9. The molecule has 104 valence electrons. The van der Waals surface area contributed by atoms with E-state index in [-0.39, 0.29) is 0 Å². The summed E-state index contributed by atoms with van der Waals surface area (Å²) in [7, 11) is 0. The Morgan fingerprint density at radius 3 is 2.80 bits per heavy atom. The maximum Gasteiger partial charge on any atom is 0.142 e. The molecule has 0 bridgehead atoms. The Hall–Kier alpha value is -1.94. The highest BCUT2D eigenvalue weighted by Crippen LogP contribution is 2.41. The van der Waals surface area contributed by atoms with E-state index in [4.69, 9.17) is 23.1 Å². The van der Waals surface area contributed by atoms with Gasteiger partial charge < -0.3 is 16.0 Å². The van der Waals surface area contributed by atoms with Gasteiger partial charge in [0.15, 0.2) is 0 Å². The summed E-state index contributed by atoms with van der Waals surface area (Å²) >= 11 is 6.25. The van der Waals surface area contributed by atoms with Crippen molar-refractivity contribution in [2.75, 3.05) is 0 Å². The first kappa shape index (κ1) is 13.1. The minimum atomic E-state index is 0.481. The van der Waals surface area contributed by atoms with Crippen LogP contribution in [0.2, 0.25) is 5.02 Å². The zero-order valence-corrected chi connectivity index (χ0v) is 12.1. The number of nitrogens with two attached hydrogens (primary N) is 2. The van der Waals surface area contributed by atoms with Crippen LogP contribution < -0.4 is 11.5 Å². The van der Waals surface area contributed by atoms with Gasteiger partial charge in [-0.3, -0.25) is 0 Å². The molecule has 0 aliphatic heterocycles. The maximum absolute atomic E-state index is 6.25. The number of hydrogen-bond acceptors (Lipinski definition) is 3. The molecule has 0 atom stereocenters. The van der Waals surface area contributed by atoms with Gasteiger partial charge >= 0.3 is 0 Å². The lowest BCUT2D eigenvalue weighted by molar-refractivity contribution is 0.753. The fraction of sp³-hybridized carbons (Fsp3) is 0.267. The predicted molar refractivity (Wildman–Crippen MR) is 83.1 cm³/mol. The molecule has 0 spiro atoms. The molecule has 1 saturated carbocycles. The van der Waals surface area contributed by atoms with Gasteiger partial charge in [-0.2, -0.15) is 0 Å². The smallest absolute Gasteiger partial charge is 0.142 e. The second-order valence-electron chi connectivity index (χ2n) is 5.15. The van der Waals surface area contributed by atoms with Gasteiger partial charge in [0.1, 0.15) is 11.3 Å². The maximum atomic E-state index is 6.25. The van der Waals surface area contributed by atoms with Gasteiger partial charge in [0.05, 0.1) is 10.5 Å². The van der Waals surface area contributed by atoms with Crippen molar-refractivity contribution < 1.29 is 0 Å². The third kappa shape index (κ3) is 2.16. The van der Waals surface area contributed by atoms with E-state index in [1.165, 1.54) is 0 Å². The van der Waals surface area contributed by atoms with Crippen LogP contribution in [0.15, 0.2) is 36.2 Å². The number of rotatable bonds is 3. The van der Waals surface area contributed by atoms with E-state index in [1.54, 1.807) is 6.20 Å². The van der Waals surface area contributed by atoms with E-state index < -0.39 is 0 Å². The average Bonchev–Trinajstić information content (AvgIpc) is 3.17. The lowest BCUT2D eigenvalue weighted by Crippen LogP contribution is -2.03. The van der Waals surface area contributed by atoms with E-state index in [9.17, 15) is 0 Å². The molecule has 0 radical (unpaired) electrons. The summed E-state index contributed by atoms with van der Waals surface area (Å²) in [5.74, 6) is 0.836. The first-order valence-corrected chi connectivity index (χ1v) is 7.02. The Morgan fingerprint density at radius 1 is 1.45 bits per heavy atom. The highest BCUT2D eigenvalue weighted by atomic mass is 35.5. The van der Waals surface area contributed by atoms with Crippen molar-refractivity contribution >= 4 is 28.2 Å². The van der Waals surface area contributed by atoms with Crippen LogP contribution in [0.3, 0.4) is 0 Å². The summed E-state index contributed by atoms with van der Waals surface area (Å²) in [5, 5.41) is 0.660. The Kier molecular flexibility index (Phi) is 3.18. The van der Waals surface area contributed by atoms with Gasteiger partial charge in [-0.15, -0.1) is 0 Å². The Balaban J connectivity index is 2.27. The Labute approximate surface area is 122 Å². The van der Waals surface area contributed by atoms with Crippen LogP contribution in [0.1, 0.15) is 31.6 Å². The molecule has 0 amide bonds. The Morgan fingerprint density at radius 2 is 2.20 bits per heavy atom. The van der Waals surface area contributed by atoms with Crippen molar-refractivity contribution in [1.82, 2.24) is 9.55 Å². The van der Waals surface area contributed by atoms with Gasteiger partial charge in [-0.05, 0) is 38.0 Å². The molecular formula is C15H17ClN4. The molecule has 0 saturated heterocycles. The Bertz CT molecular complexity index is 719. The second kappa shape index (κ2) is 4.87. The van der Waals surface area contributed by atoms with Crippen molar-refractivity contribution in [1.29, 1.82) is 0 Å². The molecule has 1 aromatic carbocycles. The first-order chi connectivity index (χ1) is 9.61. The number of imidazole rings is 1. The van der Waals surface area contributed by atoms with Crippen LogP contribution in [-0.2, 0) is 0 Å². The molecule has 1 heterocycles. The minimum absolute atomic E-state index is 0.481. The standard InChI is InChI=1S/C15H17ClN4/c1-9(18)7-10(8-17)15-19-14-12(16)3-2-4-13(14)20(15)11-5-6-11/h2-4,7-8,11H,5-6,17-18H2,1H3/b9-7-,10-8+. The summed E-state index contributed by atoms with van der Waals surface area (Å²) in [6.07, 6.45) is 5.71. The van der Waals surface area contributed by atoms with Crippen LogP contribution >= 0.6 is 11.6 Å². The zero-order chi connectivity index (χ0) is 14.3. The lowest BCUT2D eigenvalue weighted by atomic mass is 10.2. The fourth-order valence-electron chi connectivity index (χ4n) is 2.42. The molecule has 5 heteroatoms. The van der Waals surface area contributed by atoms with E-state index >= 15 is 0 Å². The van der Waals surface area contributed by atoms with Gasteiger partial charge in [-0.1, -0.05) is 17.7 Å². The monoisotopic (exact) mass is 288 g/mol. The molecule has 1 aromatic heterocycles. The van der Waals surface area contributed by atoms with Crippen LogP contribution in [0.4, 0.5) is 0 Å². The number of hydrogen-bond donors (Lipinski definition) is 2. The molecular weight excluding hydrogens is 272 g/mol. The molecule has 1 fully saturated rings. The van der Waals surface area contributed by atoms with E-state index in [0.717, 1.165) is 35.3 Å². The largest absolute Gasteiger partial charge is 0.404 e. The van der Waals surface area contributed by atoms with Gasteiger partial charge in [0.2, 0.25) is 0 Å². The fourth-order valence-corrected chi connectivity index (χ4v) is 2.63. The lowest BCUT2D eigenvalue weighted by Gasteiger charge is -2.08. The van der Waals surface area contributed by atoms with Crippen LogP contribution in [0, 0.1) is 0 Å². The number of allylic oxidation sites excluding steroid dienone is 3. The average molecular weight is 289 g/mol. The molecule has 3 rings (SSSR count). The zero-order valence-electron chi connectivity index (χ0n) is 11.3. The number of fused-ring (bicyclic) bond motifs is 1. The molecule has 4 N–H and O–H groups in total. The number of nitrogens with zero attached hydrogens (tertiary/aromatic N) is 2. The highest BCUT2D eigenvalue weighted by molar-refractivity contribution is 6.35. The SMILES string of the molecule is C/C(N)=C/C(=C\N)c1nc2c(Cl)cccc2n1C1CC1. The molecule has 20 heavy (non-hydrogen) atoms. The normalized spacial score (nSPS) is 16.9. The van der Waals surface area contributed by atoms with Gasteiger partial charge in [0.25, 0.3) is 0 Å². The van der Waals surface area contributed by atoms with E-state index in [1.807, 2.05) is 31.2 Å². The van der Waals surface area contributed by atoms with Crippen LogP contribution in [0.5, 0.6) is 0 Å². The van der Waals surface area contributed by atoms with Gasteiger partial charge in [-0.25, -0.2) is 4.98 Å². The number of benzene rings is 1. The number of aromatic nitrogens is 2. The van der Waals surface area contributed by atoms with Crippen molar-refractivity contribution in [2.24, 2.45) is 11.5 Å². The third-order valence-corrected chi connectivity index (χ3v) is 3.71. The molecule has 4 nitrogen and oxygen atoms in total. The number of halogens is 1. The van der Waals surface area contributed by atoms with Crippen molar-refractivity contribution in [2.45, 2.75) is 25.8 Å². The van der Waals surface area contributed by atoms with Gasteiger partial charge in [0, 0.05) is 23.5 Å². The van der Waals surface area contributed by atoms with E-state index in [2.05, 4.69) is 9.55 Å². The predicted octanol–water partition coefficient (Wildman–Crippen LogP) is 3.19. The summed E-state index contributed by atoms with van der Waals surface area (Å²) in [4.78, 5) is 4.68. The minimum Gasteiger partial charge on any atom is -0.404 e. The van der Waals surface area contributed by atoms with Crippen molar-refractivity contribution in [3.05, 3.63) is 47.0 Å². The van der Waals surface area contributed by atoms with Crippen LogP contribution in [0.25, 0.3) is 16.6 Å². The van der Waals surface area contributed by atoms with E-state index in [0.29, 0.717) is 16.8 Å². The summed E-state index contributed by atoms with van der Waals surface area (Å²) in [6.45, 7) is 1.83. The molecule has 0 unspecified atom stereocenters. The molecule has 1 aliphatic rings. The number of para-hydroxylation sites is 1. The van der Waals surface area contributed by atoms with Crippen LogP contribution in [-0.4, -0.2) is 9.55 Å². The summed E-state index contributed by atoms with van der Waals surface area (Å²) < 4.78 is 2.22. The topological polar surface area (TPSA) is 69.9 Å². The van der Waals surface area contributed by atoms with Crippen molar-refractivity contribution in [3.63, 3.8) is 0 Å². The molecule has 2 aromatic rings. The molecule has 1 aliphatic carbocycles. The van der Waals surface area contributed by atoms with Crippen molar-refractivity contribution in [3.8, 4) is 0 Å². The second-order valence-corrected chi connectivity index (χ2v) is 5.56.